The molecule has 3 rings (SSSR count). The number of hydrogen-bond donors (Lipinski definition) is 0. The van der Waals surface area contributed by atoms with Crippen LogP contribution in [0.5, 0.6) is 0 Å². The largest absolute Gasteiger partial charge is 0.334 e. The van der Waals surface area contributed by atoms with E-state index >= 15 is 0 Å². The van der Waals surface area contributed by atoms with Crippen molar-refractivity contribution in [2.75, 3.05) is 0 Å². The third-order valence-electron chi connectivity index (χ3n) is 4.67. The Balaban J connectivity index is 1.81. The summed E-state index contributed by atoms with van der Waals surface area (Å²) in [6.45, 7) is 2.20. The summed E-state index contributed by atoms with van der Waals surface area (Å²) in [5.74, 6) is -1.11. The molecule has 1 aliphatic heterocycles. The molecule has 0 aromatic heterocycles. The van der Waals surface area contributed by atoms with Crippen LogP contribution in [-0.2, 0) is 16.1 Å². The number of rotatable bonds is 3. The number of urea groups is 1. The Labute approximate surface area is 129 Å². The van der Waals surface area contributed by atoms with Gasteiger partial charge in [-0.2, -0.15) is 0 Å². The van der Waals surface area contributed by atoms with Crippen LogP contribution in [0, 0.1) is 5.92 Å². The van der Waals surface area contributed by atoms with E-state index in [1.807, 2.05) is 30.3 Å². The standard InChI is InChI=1S/C17H20N2O3/c1-12-7-5-6-10-14(12)19-16(21)15(20)18(17(19)22)11-13-8-3-2-4-9-13/h2-4,8-9,12,14H,5-7,10-11H2,1H3/t12-,14-/m1/s1. The van der Waals surface area contributed by atoms with Crippen LogP contribution in [0.1, 0.15) is 38.2 Å². The van der Waals surface area contributed by atoms with Crippen molar-refractivity contribution in [3.05, 3.63) is 35.9 Å². The normalized spacial score (nSPS) is 26.0. The lowest BCUT2D eigenvalue weighted by molar-refractivity contribution is -0.144. The fraction of sp³-hybridized carbons (Fsp3) is 0.471. The molecule has 1 aromatic carbocycles. The molecule has 0 bridgehead atoms. The molecule has 1 aromatic rings. The van der Waals surface area contributed by atoms with Crippen LogP contribution in [0.3, 0.4) is 0 Å². The van der Waals surface area contributed by atoms with Gasteiger partial charge in [0.25, 0.3) is 0 Å². The number of imide groups is 2. The number of carbonyl (C=O) groups excluding carboxylic acids is 3. The summed E-state index contributed by atoms with van der Waals surface area (Å²) in [6.07, 6.45) is 3.91. The molecule has 0 spiro atoms. The molecule has 2 aliphatic rings. The van der Waals surface area contributed by atoms with Crippen molar-refractivity contribution < 1.29 is 14.4 Å². The second-order valence-corrected chi connectivity index (χ2v) is 6.16. The van der Waals surface area contributed by atoms with E-state index < -0.39 is 17.8 Å². The molecule has 1 saturated heterocycles. The smallest absolute Gasteiger partial charge is 0.263 e. The fourth-order valence-electron chi connectivity index (χ4n) is 3.40. The molecule has 5 nitrogen and oxygen atoms in total. The zero-order valence-corrected chi connectivity index (χ0v) is 12.7. The van der Waals surface area contributed by atoms with E-state index in [1.54, 1.807) is 0 Å². The minimum absolute atomic E-state index is 0.140. The van der Waals surface area contributed by atoms with Crippen molar-refractivity contribution in [2.24, 2.45) is 5.92 Å². The number of benzene rings is 1. The molecule has 0 N–H and O–H groups in total. The Morgan fingerprint density at radius 3 is 2.36 bits per heavy atom. The van der Waals surface area contributed by atoms with Crippen LogP contribution < -0.4 is 0 Å². The first-order chi connectivity index (χ1) is 10.6. The molecule has 2 fully saturated rings. The highest BCUT2D eigenvalue weighted by Crippen LogP contribution is 2.31. The van der Waals surface area contributed by atoms with Gasteiger partial charge < -0.3 is 0 Å². The lowest BCUT2D eigenvalue weighted by atomic mass is 9.85. The molecule has 1 aliphatic carbocycles. The Morgan fingerprint density at radius 1 is 1.00 bits per heavy atom. The summed E-state index contributed by atoms with van der Waals surface area (Å²) in [4.78, 5) is 39.3. The monoisotopic (exact) mass is 300 g/mol. The van der Waals surface area contributed by atoms with E-state index in [2.05, 4.69) is 6.92 Å². The zero-order chi connectivity index (χ0) is 15.7. The molecule has 5 heteroatoms. The quantitative estimate of drug-likeness (QED) is 0.637. The van der Waals surface area contributed by atoms with Crippen molar-refractivity contribution in [2.45, 2.75) is 45.2 Å². The Morgan fingerprint density at radius 2 is 1.68 bits per heavy atom. The van der Waals surface area contributed by atoms with Gasteiger partial charge in [0.15, 0.2) is 0 Å². The van der Waals surface area contributed by atoms with Crippen LogP contribution >= 0.6 is 0 Å². The highest BCUT2D eigenvalue weighted by Gasteiger charge is 2.48. The van der Waals surface area contributed by atoms with Gasteiger partial charge in [-0.05, 0) is 24.3 Å². The van der Waals surface area contributed by atoms with Crippen molar-refractivity contribution in [3.8, 4) is 0 Å². The average Bonchev–Trinajstić information content (AvgIpc) is 2.73. The molecule has 22 heavy (non-hydrogen) atoms. The van der Waals surface area contributed by atoms with Crippen LogP contribution in [0.2, 0.25) is 0 Å². The average molecular weight is 300 g/mol. The molecule has 2 atom stereocenters. The molecular formula is C17H20N2O3. The lowest BCUT2D eigenvalue weighted by Gasteiger charge is -2.34. The molecule has 0 unspecified atom stereocenters. The first-order valence-corrected chi connectivity index (χ1v) is 7.82. The Hall–Kier alpha value is -2.17. The van der Waals surface area contributed by atoms with Crippen LogP contribution in [-0.4, -0.2) is 33.7 Å². The summed E-state index contributed by atoms with van der Waals surface area (Å²) in [7, 11) is 0. The van der Waals surface area contributed by atoms with Crippen LogP contribution in [0.25, 0.3) is 0 Å². The van der Waals surface area contributed by atoms with Gasteiger partial charge >= 0.3 is 17.8 Å². The van der Waals surface area contributed by atoms with Gasteiger partial charge in [-0.3, -0.25) is 19.4 Å². The van der Waals surface area contributed by atoms with Crippen LogP contribution in [0.4, 0.5) is 4.79 Å². The minimum Gasteiger partial charge on any atom is -0.263 e. The summed E-state index contributed by atoms with van der Waals surface area (Å²) < 4.78 is 0. The molecule has 4 amide bonds. The molecule has 116 valence electrons. The van der Waals surface area contributed by atoms with E-state index in [0.29, 0.717) is 0 Å². The lowest BCUT2D eigenvalue weighted by Crippen LogP contribution is -2.46. The minimum atomic E-state index is -0.702. The third-order valence-corrected chi connectivity index (χ3v) is 4.67. The SMILES string of the molecule is C[C@@H]1CCCC[C@H]1N1C(=O)C(=O)N(Cc2ccccc2)C1=O. The Bertz CT molecular complexity index is 599. The number of nitrogens with zero attached hydrogens (tertiary/aromatic N) is 2. The van der Waals surface area contributed by atoms with Crippen molar-refractivity contribution in [3.63, 3.8) is 0 Å². The zero-order valence-electron chi connectivity index (χ0n) is 12.7. The van der Waals surface area contributed by atoms with Crippen molar-refractivity contribution in [1.29, 1.82) is 0 Å². The van der Waals surface area contributed by atoms with Gasteiger partial charge in [-0.25, -0.2) is 4.79 Å². The van der Waals surface area contributed by atoms with Gasteiger partial charge in [0, 0.05) is 6.04 Å². The predicted molar refractivity (Wildman–Crippen MR) is 80.7 cm³/mol. The highest BCUT2D eigenvalue weighted by molar-refractivity contribution is 6.44. The maximum Gasteiger partial charge on any atom is 0.334 e. The summed E-state index contributed by atoms with van der Waals surface area (Å²) in [6, 6.07) is 8.66. The number of carbonyl (C=O) groups is 3. The van der Waals surface area contributed by atoms with Crippen LogP contribution in [0.15, 0.2) is 30.3 Å². The maximum absolute atomic E-state index is 12.6. The maximum atomic E-state index is 12.6. The predicted octanol–water partition coefficient (Wildman–Crippen LogP) is 2.56. The highest BCUT2D eigenvalue weighted by atomic mass is 16.2. The summed E-state index contributed by atoms with van der Waals surface area (Å²) in [5.41, 5.74) is 0.843. The molecule has 0 radical (unpaired) electrons. The second-order valence-electron chi connectivity index (χ2n) is 6.16. The number of hydrogen-bond acceptors (Lipinski definition) is 3. The van der Waals surface area contributed by atoms with Gasteiger partial charge in [0.05, 0.1) is 6.54 Å². The molecular weight excluding hydrogens is 280 g/mol. The van der Waals surface area contributed by atoms with E-state index in [-0.39, 0.29) is 18.5 Å². The van der Waals surface area contributed by atoms with Gasteiger partial charge in [0.1, 0.15) is 0 Å². The number of amides is 4. The first-order valence-electron chi connectivity index (χ1n) is 7.82. The summed E-state index contributed by atoms with van der Waals surface area (Å²) >= 11 is 0. The van der Waals surface area contributed by atoms with E-state index in [9.17, 15) is 14.4 Å². The topological polar surface area (TPSA) is 57.7 Å². The van der Waals surface area contributed by atoms with Crippen molar-refractivity contribution >= 4 is 17.8 Å². The van der Waals surface area contributed by atoms with E-state index in [0.717, 1.165) is 36.1 Å². The molecule has 1 saturated carbocycles. The Kier molecular flexibility index (Phi) is 3.96. The second kappa shape index (κ2) is 5.91. The first kappa shape index (κ1) is 14.8. The molecule has 1 heterocycles. The van der Waals surface area contributed by atoms with Gasteiger partial charge in [-0.1, -0.05) is 50.1 Å². The fourth-order valence-corrected chi connectivity index (χ4v) is 3.40. The third kappa shape index (κ3) is 2.51. The van der Waals surface area contributed by atoms with Gasteiger partial charge in [0.2, 0.25) is 0 Å². The van der Waals surface area contributed by atoms with Gasteiger partial charge in [-0.15, -0.1) is 0 Å². The van der Waals surface area contributed by atoms with E-state index in [4.69, 9.17) is 0 Å². The van der Waals surface area contributed by atoms with E-state index in [1.165, 1.54) is 4.90 Å². The summed E-state index contributed by atoms with van der Waals surface area (Å²) in [5, 5.41) is 0. The van der Waals surface area contributed by atoms with Crippen molar-refractivity contribution in [1.82, 2.24) is 9.80 Å².